The smallest absolute Gasteiger partial charge is 0.255 e. The Balaban J connectivity index is 0.667. The quantitative estimate of drug-likeness (QED) is 0.217. The van der Waals surface area contributed by atoms with Crippen molar-refractivity contribution in [3.8, 4) is 17.1 Å². The molecule has 3 amide bonds. The maximum Gasteiger partial charge on any atom is 0.255 e. The molecular formula is C44H53FN10O4. The topological polar surface area (TPSA) is 143 Å². The highest BCUT2D eigenvalue weighted by molar-refractivity contribution is 6.05. The number of halogens is 1. The molecule has 0 spiro atoms. The number of imide groups is 1. The number of rotatable bonds is 10. The summed E-state index contributed by atoms with van der Waals surface area (Å²) in [4.78, 5) is 57.6. The number of carbonyl (C=O) groups excluding carboxylic acids is 3. The third-order valence-electron chi connectivity index (χ3n) is 13.7. The van der Waals surface area contributed by atoms with Crippen LogP contribution in [0, 0.1) is 17.7 Å². The van der Waals surface area contributed by atoms with E-state index in [1.165, 1.54) is 36.6 Å². The highest BCUT2D eigenvalue weighted by Gasteiger charge is 2.41. The summed E-state index contributed by atoms with van der Waals surface area (Å²) in [6, 6.07) is 10.6. The number of nitrogens with one attached hydrogen (secondary N) is 2. The third-order valence-corrected chi connectivity index (χ3v) is 13.7. The van der Waals surface area contributed by atoms with E-state index in [4.69, 9.17) is 4.74 Å². The zero-order chi connectivity index (χ0) is 40.3. The molecule has 310 valence electrons. The fraction of sp³-hybridized carbons (Fsp3) is 0.545. The molecule has 3 saturated heterocycles. The minimum absolute atomic E-state index is 0.0444. The monoisotopic (exact) mass is 804 g/mol. The molecule has 6 heterocycles. The maximum atomic E-state index is 15.5. The van der Waals surface area contributed by atoms with Crippen LogP contribution in [0.4, 0.5) is 15.9 Å². The standard InChI is InChI=1S/C44H53FN10O4/c1-44(10-11-44)59-31-6-7-35-33(21-31)41(50-49-35)36-23-39(47-27-46-36)54-18-14-52(15-19-54)25-29-4-2-28(3-5-29)24-51-12-16-53(17-13-51)38-20-30-26-55(43(58)32(30)22-34(38)45)37-8-9-40(56)48-42(37)57/h6-7,20-23,27-29,37H,2-5,8-19,24-26H2,1H3,(H,49,50)(H,48,56,57). The summed E-state index contributed by atoms with van der Waals surface area (Å²) in [6.45, 7) is 11.8. The van der Waals surface area contributed by atoms with Crippen molar-refractivity contribution in [3.63, 3.8) is 0 Å². The number of H-pyrrole nitrogens is 1. The van der Waals surface area contributed by atoms with Gasteiger partial charge in [0, 0.05) is 95.4 Å². The molecule has 0 radical (unpaired) electrons. The molecule has 2 aliphatic carbocycles. The Hall–Kier alpha value is -5.15. The molecule has 10 rings (SSSR count). The first kappa shape index (κ1) is 38.1. The van der Waals surface area contributed by atoms with Gasteiger partial charge in [-0.2, -0.15) is 5.10 Å². The zero-order valence-corrected chi connectivity index (χ0v) is 33.8. The van der Waals surface area contributed by atoms with Crippen LogP contribution < -0.4 is 19.9 Å². The largest absolute Gasteiger partial charge is 0.488 e. The molecule has 2 N–H and O–H groups in total. The Labute approximate surface area is 343 Å². The number of piperazine rings is 2. The predicted octanol–water partition coefficient (Wildman–Crippen LogP) is 4.60. The Morgan fingerprint density at radius 3 is 2.20 bits per heavy atom. The average molecular weight is 805 g/mol. The van der Waals surface area contributed by atoms with Gasteiger partial charge >= 0.3 is 0 Å². The molecule has 14 nitrogen and oxygen atoms in total. The number of anilines is 2. The fourth-order valence-electron chi connectivity index (χ4n) is 9.94. The summed E-state index contributed by atoms with van der Waals surface area (Å²) < 4.78 is 21.7. The summed E-state index contributed by atoms with van der Waals surface area (Å²) >= 11 is 0. The van der Waals surface area contributed by atoms with Crippen molar-refractivity contribution in [2.24, 2.45) is 11.8 Å². The van der Waals surface area contributed by atoms with Crippen molar-refractivity contribution < 1.29 is 23.5 Å². The molecule has 6 aliphatic rings. The number of hydrogen-bond donors (Lipinski definition) is 2. The minimum Gasteiger partial charge on any atom is -0.488 e. The summed E-state index contributed by atoms with van der Waals surface area (Å²) in [5, 5.41) is 11.1. The number of piperidine rings is 1. The van der Waals surface area contributed by atoms with E-state index < -0.39 is 17.8 Å². The van der Waals surface area contributed by atoms with E-state index in [0.29, 0.717) is 17.2 Å². The third kappa shape index (κ3) is 7.86. The zero-order valence-electron chi connectivity index (χ0n) is 33.8. The van der Waals surface area contributed by atoms with Crippen molar-refractivity contribution in [1.29, 1.82) is 0 Å². The molecule has 1 atom stereocenters. The number of aromatic amines is 1. The fourth-order valence-corrected chi connectivity index (χ4v) is 9.94. The van der Waals surface area contributed by atoms with Crippen LogP contribution in [-0.2, 0) is 16.1 Å². The lowest BCUT2D eigenvalue weighted by molar-refractivity contribution is -0.136. The highest BCUT2D eigenvalue weighted by Crippen LogP contribution is 2.41. The lowest BCUT2D eigenvalue weighted by Gasteiger charge is -2.40. The van der Waals surface area contributed by atoms with Crippen molar-refractivity contribution in [2.45, 2.75) is 76.5 Å². The van der Waals surface area contributed by atoms with E-state index in [-0.39, 0.29) is 36.8 Å². The Morgan fingerprint density at radius 1 is 0.831 bits per heavy atom. The van der Waals surface area contributed by atoms with Gasteiger partial charge in [-0.15, -0.1) is 0 Å². The number of amides is 3. The second-order valence-corrected chi connectivity index (χ2v) is 17.9. The Kier molecular flexibility index (Phi) is 9.98. The SMILES string of the molecule is CC1(Oc2ccc3[nH]nc(-c4cc(N5CCN(CC6CCC(CN7CCN(c8cc9c(cc8F)C(=O)N(C8CCC(=O)NC8=O)C9)CC7)CC6)CC5)ncn4)c3c2)CC1. The van der Waals surface area contributed by atoms with E-state index in [1.807, 2.05) is 12.1 Å². The van der Waals surface area contributed by atoms with Crippen LogP contribution in [0.25, 0.3) is 22.3 Å². The van der Waals surface area contributed by atoms with Gasteiger partial charge in [-0.05, 0) is 99.6 Å². The van der Waals surface area contributed by atoms with E-state index >= 15 is 4.39 Å². The van der Waals surface area contributed by atoms with Gasteiger partial charge in [0.2, 0.25) is 11.8 Å². The van der Waals surface area contributed by atoms with Gasteiger partial charge in [-0.3, -0.25) is 34.6 Å². The maximum absolute atomic E-state index is 15.5. The first-order valence-electron chi connectivity index (χ1n) is 21.6. The number of ether oxygens (including phenoxy) is 1. The number of aromatic nitrogens is 4. The lowest BCUT2D eigenvalue weighted by Crippen LogP contribution is -2.52. The van der Waals surface area contributed by atoms with Crippen molar-refractivity contribution in [3.05, 3.63) is 59.7 Å². The number of benzene rings is 2. The molecule has 2 aromatic carbocycles. The van der Waals surface area contributed by atoms with E-state index in [9.17, 15) is 14.4 Å². The molecule has 15 heteroatoms. The molecule has 5 fully saturated rings. The van der Waals surface area contributed by atoms with Crippen molar-refractivity contribution >= 4 is 40.1 Å². The van der Waals surface area contributed by atoms with Crippen LogP contribution in [0.1, 0.15) is 74.2 Å². The summed E-state index contributed by atoms with van der Waals surface area (Å²) in [7, 11) is 0. The number of nitrogens with zero attached hydrogens (tertiary/aromatic N) is 8. The highest BCUT2D eigenvalue weighted by atomic mass is 19.1. The van der Waals surface area contributed by atoms with Gasteiger partial charge in [0.25, 0.3) is 5.91 Å². The summed E-state index contributed by atoms with van der Waals surface area (Å²) in [6.07, 6.45) is 9.33. The van der Waals surface area contributed by atoms with Crippen LogP contribution in [0.15, 0.2) is 42.7 Å². The second-order valence-electron chi connectivity index (χ2n) is 17.9. The molecule has 4 aliphatic heterocycles. The first-order chi connectivity index (χ1) is 28.6. The van der Waals surface area contributed by atoms with Gasteiger partial charge < -0.3 is 19.4 Å². The van der Waals surface area contributed by atoms with Crippen molar-refractivity contribution in [2.75, 3.05) is 75.2 Å². The van der Waals surface area contributed by atoms with Crippen LogP contribution in [0.2, 0.25) is 0 Å². The van der Waals surface area contributed by atoms with Gasteiger partial charge in [0.1, 0.15) is 41.0 Å². The minimum atomic E-state index is -0.707. The second kappa shape index (κ2) is 15.5. The normalized spacial score (nSPS) is 25.1. The first-order valence-corrected chi connectivity index (χ1v) is 21.6. The van der Waals surface area contributed by atoms with Crippen LogP contribution in [0.5, 0.6) is 5.75 Å². The van der Waals surface area contributed by atoms with Crippen LogP contribution >= 0.6 is 0 Å². The predicted molar refractivity (Wildman–Crippen MR) is 221 cm³/mol. The molecule has 4 aromatic rings. The molecule has 2 saturated carbocycles. The molecule has 2 aromatic heterocycles. The molecule has 1 unspecified atom stereocenters. The van der Waals surface area contributed by atoms with E-state index in [0.717, 1.165) is 124 Å². The number of hydrogen-bond acceptors (Lipinski definition) is 11. The van der Waals surface area contributed by atoms with Crippen LogP contribution in [-0.4, -0.2) is 130 Å². The van der Waals surface area contributed by atoms with Gasteiger partial charge in [-0.25, -0.2) is 14.4 Å². The van der Waals surface area contributed by atoms with Gasteiger partial charge in [0.15, 0.2) is 0 Å². The Morgan fingerprint density at radius 2 is 1.53 bits per heavy atom. The number of carbonyl (C=O) groups is 3. The van der Waals surface area contributed by atoms with Gasteiger partial charge in [-0.1, -0.05) is 0 Å². The summed E-state index contributed by atoms with van der Waals surface area (Å²) in [5.41, 5.74) is 4.12. The number of fused-ring (bicyclic) bond motifs is 2. The van der Waals surface area contributed by atoms with Gasteiger partial charge in [0.05, 0.1) is 16.9 Å². The Bertz CT molecular complexity index is 2250. The van der Waals surface area contributed by atoms with E-state index in [1.54, 1.807) is 12.4 Å². The average Bonchev–Trinajstić information content (AvgIpc) is 3.68. The van der Waals surface area contributed by atoms with Crippen LogP contribution in [0.3, 0.4) is 0 Å². The molecule has 0 bridgehead atoms. The molecule has 59 heavy (non-hydrogen) atoms. The molecular weight excluding hydrogens is 752 g/mol. The summed E-state index contributed by atoms with van der Waals surface area (Å²) in [5.74, 6) is 1.69. The lowest BCUT2D eigenvalue weighted by atomic mass is 9.81. The van der Waals surface area contributed by atoms with Crippen molar-refractivity contribution in [1.82, 2.24) is 40.2 Å². The van der Waals surface area contributed by atoms with E-state index in [2.05, 4.69) is 64.1 Å².